The highest BCUT2D eigenvalue weighted by Gasteiger charge is 2.50. The predicted molar refractivity (Wildman–Crippen MR) is 76.5 cm³/mol. The van der Waals surface area contributed by atoms with Crippen LogP contribution in [0.2, 0.25) is 0 Å². The van der Waals surface area contributed by atoms with E-state index in [1.807, 2.05) is 0 Å². The molecule has 1 N–H and O–H groups in total. The smallest absolute Gasteiger partial charge is 0.307 e. The Hall–Kier alpha value is -1.94. The van der Waals surface area contributed by atoms with E-state index in [2.05, 4.69) is 9.68 Å². The van der Waals surface area contributed by atoms with Crippen molar-refractivity contribution in [2.24, 2.45) is 11.8 Å². The molecule has 1 aliphatic carbocycles. The number of carbonyl (C=O) groups is 2. The number of hydrogen-bond acceptors (Lipinski definition) is 6. The summed E-state index contributed by atoms with van der Waals surface area (Å²) in [6.45, 7) is 0.964. The zero-order chi connectivity index (χ0) is 16.6. The third-order valence-corrected chi connectivity index (χ3v) is 6.00. The van der Waals surface area contributed by atoms with Gasteiger partial charge in [0, 0.05) is 32.2 Å². The zero-order valence-corrected chi connectivity index (χ0v) is 13.1. The third kappa shape index (κ3) is 3.37. The van der Waals surface area contributed by atoms with Gasteiger partial charge in [0.2, 0.25) is 15.9 Å². The maximum atomic E-state index is 12.3. The van der Waals surface area contributed by atoms with Crippen LogP contribution in [-0.4, -0.2) is 65.9 Å². The Morgan fingerprint density at radius 1 is 1.26 bits per heavy atom. The maximum absolute atomic E-state index is 12.3. The van der Waals surface area contributed by atoms with Crippen molar-refractivity contribution in [3.63, 3.8) is 0 Å². The van der Waals surface area contributed by atoms with Crippen molar-refractivity contribution < 1.29 is 27.6 Å². The summed E-state index contributed by atoms with van der Waals surface area (Å²) < 4.78 is 30.5. The number of piperazine rings is 1. The number of nitrogens with zero attached hydrogens (tertiary/aromatic N) is 3. The van der Waals surface area contributed by atoms with Crippen LogP contribution in [0.25, 0.3) is 0 Å². The Morgan fingerprint density at radius 2 is 1.96 bits per heavy atom. The lowest BCUT2D eigenvalue weighted by Gasteiger charge is -2.34. The second-order valence-electron chi connectivity index (χ2n) is 5.76. The zero-order valence-electron chi connectivity index (χ0n) is 12.3. The van der Waals surface area contributed by atoms with E-state index in [0.717, 1.165) is 0 Å². The number of rotatable bonds is 5. The van der Waals surface area contributed by atoms with E-state index >= 15 is 0 Å². The average Bonchev–Trinajstić information content (AvgIpc) is 3.18. The molecule has 1 saturated heterocycles. The summed E-state index contributed by atoms with van der Waals surface area (Å²) >= 11 is 0. The van der Waals surface area contributed by atoms with Crippen LogP contribution in [0, 0.1) is 11.8 Å². The third-order valence-electron chi connectivity index (χ3n) is 4.19. The molecule has 0 bridgehead atoms. The van der Waals surface area contributed by atoms with Gasteiger partial charge in [-0.25, -0.2) is 8.42 Å². The van der Waals surface area contributed by atoms with Crippen molar-refractivity contribution in [1.82, 2.24) is 14.4 Å². The van der Waals surface area contributed by atoms with Crippen LogP contribution >= 0.6 is 0 Å². The van der Waals surface area contributed by atoms with Gasteiger partial charge in [0.25, 0.3) is 0 Å². The molecular formula is C13H17N3O6S. The Balaban J connectivity index is 1.54. The fraction of sp³-hybridized carbons (Fsp3) is 0.615. The molecule has 2 aliphatic rings. The second kappa shape index (κ2) is 5.93. The molecule has 0 aromatic carbocycles. The lowest BCUT2D eigenvalue weighted by molar-refractivity contribution is -0.142. The summed E-state index contributed by atoms with van der Waals surface area (Å²) in [5.41, 5.74) is 0.339. The minimum Gasteiger partial charge on any atom is -0.481 e. The van der Waals surface area contributed by atoms with Crippen molar-refractivity contribution in [3.05, 3.63) is 18.0 Å². The minimum atomic E-state index is -3.51. The number of carboxylic acids is 1. The van der Waals surface area contributed by atoms with Gasteiger partial charge in [-0.05, 0) is 6.42 Å². The van der Waals surface area contributed by atoms with E-state index in [0.29, 0.717) is 12.1 Å². The van der Waals surface area contributed by atoms with Crippen LogP contribution in [0.15, 0.2) is 16.9 Å². The monoisotopic (exact) mass is 343 g/mol. The minimum absolute atomic E-state index is 0.189. The molecule has 1 amide bonds. The summed E-state index contributed by atoms with van der Waals surface area (Å²) in [7, 11) is -3.51. The van der Waals surface area contributed by atoms with E-state index in [-0.39, 0.29) is 37.8 Å². The largest absolute Gasteiger partial charge is 0.481 e. The molecule has 2 fully saturated rings. The number of aliphatic carboxylic acids is 1. The highest BCUT2D eigenvalue weighted by molar-refractivity contribution is 7.88. The molecule has 2 heterocycles. The fourth-order valence-corrected chi connectivity index (χ4v) is 4.18. The highest BCUT2D eigenvalue weighted by Crippen LogP contribution is 2.40. The number of carboxylic acid groups (broad SMARTS) is 1. The molecule has 1 aromatic rings. The first-order chi connectivity index (χ1) is 10.9. The molecule has 1 aromatic heterocycles. The first kappa shape index (κ1) is 15.9. The Labute approximate surface area is 132 Å². The average molecular weight is 343 g/mol. The van der Waals surface area contributed by atoms with E-state index in [1.165, 1.54) is 16.6 Å². The Kier molecular flexibility index (Phi) is 4.11. The predicted octanol–water partition coefficient (Wildman–Crippen LogP) is -0.631. The van der Waals surface area contributed by atoms with Crippen molar-refractivity contribution in [2.75, 3.05) is 26.2 Å². The van der Waals surface area contributed by atoms with Crippen LogP contribution in [0.3, 0.4) is 0 Å². The lowest BCUT2D eigenvalue weighted by Crippen LogP contribution is -2.51. The van der Waals surface area contributed by atoms with Crippen molar-refractivity contribution in [2.45, 2.75) is 12.2 Å². The molecule has 2 atom stereocenters. The van der Waals surface area contributed by atoms with Gasteiger partial charge in [0.1, 0.15) is 12.0 Å². The number of aromatic nitrogens is 1. The topological polar surface area (TPSA) is 121 Å². The summed E-state index contributed by atoms with van der Waals surface area (Å²) in [5, 5.41) is 12.5. The first-order valence-corrected chi connectivity index (χ1v) is 8.88. The number of carbonyl (C=O) groups excluding carboxylic acids is 1. The van der Waals surface area contributed by atoms with Gasteiger partial charge in [-0.3, -0.25) is 9.59 Å². The standard InChI is InChI=1S/C13H17N3O6S/c17-12(10-7-11(10)13(18)19)15-2-4-16(5-3-15)23(20,21)8-9-1-6-22-14-9/h1,6,10-11H,2-5,7-8H2,(H,18,19). The number of hydrogen-bond donors (Lipinski definition) is 1. The summed E-state index contributed by atoms with van der Waals surface area (Å²) in [5.74, 6) is -2.41. The summed E-state index contributed by atoms with van der Waals surface area (Å²) in [4.78, 5) is 24.5. The van der Waals surface area contributed by atoms with Crippen LogP contribution in [0.1, 0.15) is 12.1 Å². The van der Waals surface area contributed by atoms with Crippen LogP contribution in [0.5, 0.6) is 0 Å². The van der Waals surface area contributed by atoms with E-state index in [1.54, 1.807) is 4.90 Å². The maximum Gasteiger partial charge on any atom is 0.307 e. The van der Waals surface area contributed by atoms with Gasteiger partial charge in [0.05, 0.1) is 17.5 Å². The van der Waals surface area contributed by atoms with Crippen LogP contribution < -0.4 is 0 Å². The van der Waals surface area contributed by atoms with Gasteiger partial charge in [-0.15, -0.1) is 0 Å². The van der Waals surface area contributed by atoms with Crippen molar-refractivity contribution >= 4 is 21.9 Å². The lowest BCUT2D eigenvalue weighted by atomic mass is 10.2. The number of amides is 1. The first-order valence-electron chi connectivity index (χ1n) is 7.27. The van der Waals surface area contributed by atoms with Gasteiger partial charge >= 0.3 is 5.97 Å². The SMILES string of the molecule is O=C(O)C1CC1C(=O)N1CCN(S(=O)(=O)Cc2ccon2)CC1. The quantitative estimate of drug-likeness (QED) is 0.755. The van der Waals surface area contributed by atoms with Gasteiger partial charge < -0.3 is 14.5 Å². The highest BCUT2D eigenvalue weighted by atomic mass is 32.2. The van der Waals surface area contributed by atoms with Crippen LogP contribution in [-0.2, 0) is 25.4 Å². The van der Waals surface area contributed by atoms with E-state index in [4.69, 9.17) is 5.11 Å². The van der Waals surface area contributed by atoms with Gasteiger partial charge in [0.15, 0.2) is 0 Å². The molecule has 1 aliphatic heterocycles. The molecule has 3 rings (SSSR count). The van der Waals surface area contributed by atoms with Crippen molar-refractivity contribution in [3.8, 4) is 0 Å². The number of sulfonamides is 1. The van der Waals surface area contributed by atoms with Crippen molar-refractivity contribution in [1.29, 1.82) is 0 Å². The Bertz CT molecular complexity index is 693. The fourth-order valence-electron chi connectivity index (χ4n) is 2.75. The molecule has 0 spiro atoms. The molecule has 1 saturated carbocycles. The molecule has 10 heteroatoms. The van der Waals surface area contributed by atoms with Gasteiger partial charge in [-0.1, -0.05) is 5.16 Å². The summed E-state index contributed by atoms with van der Waals surface area (Å²) in [6.07, 6.45) is 1.69. The normalized spacial score (nSPS) is 25.3. The van der Waals surface area contributed by atoms with E-state index < -0.39 is 27.8 Å². The second-order valence-corrected chi connectivity index (χ2v) is 7.73. The molecule has 0 radical (unpaired) electrons. The molecule has 9 nitrogen and oxygen atoms in total. The molecule has 23 heavy (non-hydrogen) atoms. The summed E-state index contributed by atoms with van der Waals surface area (Å²) in [6, 6.07) is 1.50. The Morgan fingerprint density at radius 3 is 2.48 bits per heavy atom. The van der Waals surface area contributed by atoms with Crippen LogP contribution in [0.4, 0.5) is 0 Å². The molecule has 126 valence electrons. The molecular weight excluding hydrogens is 326 g/mol. The molecule has 2 unspecified atom stereocenters. The van der Waals surface area contributed by atoms with Gasteiger partial charge in [-0.2, -0.15) is 4.31 Å². The van der Waals surface area contributed by atoms with E-state index in [9.17, 15) is 18.0 Å².